The molecule has 0 saturated carbocycles. The number of carbonyl (C=O) groups is 1. The molecule has 26 heavy (non-hydrogen) atoms. The number of amides is 2. The van der Waals surface area contributed by atoms with Crippen LogP contribution in [0.2, 0.25) is 0 Å². The van der Waals surface area contributed by atoms with E-state index in [2.05, 4.69) is 40.5 Å². The van der Waals surface area contributed by atoms with Crippen LogP contribution in [0.4, 0.5) is 4.79 Å². The van der Waals surface area contributed by atoms with E-state index in [-0.39, 0.29) is 12.1 Å². The Labute approximate surface area is 154 Å². The number of hydrogen-bond donors (Lipinski definition) is 2. The van der Waals surface area contributed by atoms with Gasteiger partial charge in [0, 0.05) is 31.9 Å². The van der Waals surface area contributed by atoms with Crippen molar-refractivity contribution in [1.29, 1.82) is 5.26 Å². The van der Waals surface area contributed by atoms with E-state index < -0.39 is 5.54 Å². The van der Waals surface area contributed by atoms with Crippen molar-refractivity contribution in [2.45, 2.75) is 44.7 Å². The minimum atomic E-state index is -0.778. The monoisotopic (exact) mass is 354 g/mol. The Morgan fingerprint density at radius 3 is 2.96 bits per heavy atom. The lowest BCUT2D eigenvalue weighted by Gasteiger charge is -2.36. The molecule has 2 aliphatic heterocycles. The second-order valence-electron chi connectivity index (χ2n) is 7.48. The van der Waals surface area contributed by atoms with E-state index >= 15 is 0 Å². The summed E-state index contributed by atoms with van der Waals surface area (Å²) in [4.78, 5) is 23.0. The summed E-state index contributed by atoms with van der Waals surface area (Å²) >= 11 is 0. The predicted molar refractivity (Wildman–Crippen MR) is 99.7 cm³/mol. The molecule has 0 radical (unpaired) electrons. The van der Waals surface area contributed by atoms with Crippen molar-refractivity contribution >= 4 is 11.9 Å². The maximum Gasteiger partial charge on any atom is 0.318 e. The van der Waals surface area contributed by atoms with E-state index in [0.717, 1.165) is 24.2 Å². The van der Waals surface area contributed by atoms with Gasteiger partial charge in [-0.1, -0.05) is 19.9 Å². The van der Waals surface area contributed by atoms with Gasteiger partial charge in [-0.15, -0.1) is 0 Å². The molecule has 2 N–H and O–H groups in total. The molecule has 3 heterocycles. The number of nitriles is 1. The fourth-order valence-electron chi connectivity index (χ4n) is 3.57. The van der Waals surface area contributed by atoms with Gasteiger partial charge in [0.2, 0.25) is 0 Å². The van der Waals surface area contributed by atoms with Gasteiger partial charge in [-0.3, -0.25) is 9.98 Å². The van der Waals surface area contributed by atoms with Crippen LogP contribution < -0.4 is 10.6 Å². The lowest BCUT2D eigenvalue weighted by atomic mass is 9.93. The average molecular weight is 354 g/mol. The summed E-state index contributed by atoms with van der Waals surface area (Å²) in [6.45, 7) is 6.09. The maximum absolute atomic E-state index is 12.4. The molecular formula is C19H26N6O. The van der Waals surface area contributed by atoms with Crippen molar-refractivity contribution in [3.63, 3.8) is 0 Å². The lowest BCUT2D eigenvalue weighted by molar-refractivity contribution is 0.169. The molecule has 7 heteroatoms. The number of nitrogens with one attached hydrogen (secondary N) is 2. The van der Waals surface area contributed by atoms with Crippen molar-refractivity contribution < 1.29 is 4.79 Å². The summed E-state index contributed by atoms with van der Waals surface area (Å²) in [6, 6.07) is 6.07. The molecule has 0 spiro atoms. The summed E-state index contributed by atoms with van der Waals surface area (Å²) in [5.41, 5.74) is 0.217. The molecule has 2 aliphatic rings. The number of carbonyl (C=O) groups excluding carboxylic acids is 1. The van der Waals surface area contributed by atoms with Crippen molar-refractivity contribution in [3.8, 4) is 6.07 Å². The summed E-state index contributed by atoms with van der Waals surface area (Å²) < 4.78 is 0. The molecule has 7 nitrogen and oxygen atoms in total. The molecule has 1 aromatic heterocycles. The number of amidine groups is 1. The van der Waals surface area contributed by atoms with Crippen molar-refractivity contribution in [2.75, 3.05) is 19.6 Å². The van der Waals surface area contributed by atoms with Crippen LogP contribution in [0.5, 0.6) is 0 Å². The van der Waals surface area contributed by atoms with Crippen LogP contribution in [-0.4, -0.2) is 53.0 Å². The highest BCUT2D eigenvalue weighted by molar-refractivity contribution is 5.93. The first-order chi connectivity index (χ1) is 12.5. The van der Waals surface area contributed by atoms with Gasteiger partial charge in [-0.05, 0) is 30.4 Å². The van der Waals surface area contributed by atoms with Gasteiger partial charge < -0.3 is 15.5 Å². The zero-order valence-corrected chi connectivity index (χ0v) is 15.4. The van der Waals surface area contributed by atoms with Gasteiger partial charge >= 0.3 is 6.03 Å². The Morgan fingerprint density at radius 1 is 1.46 bits per heavy atom. The Balaban J connectivity index is 1.78. The minimum absolute atomic E-state index is 0.0480. The van der Waals surface area contributed by atoms with Gasteiger partial charge in [0.05, 0.1) is 18.7 Å². The smallest absolute Gasteiger partial charge is 0.318 e. The SMILES string of the molecule is CC(C)CC(C1=NCC(C#N)(Cc2cccnc2)N1)N1CCCNC1=O. The van der Waals surface area contributed by atoms with Crippen LogP contribution in [0.25, 0.3) is 0 Å². The van der Waals surface area contributed by atoms with Crippen molar-refractivity contribution in [3.05, 3.63) is 30.1 Å². The molecule has 1 fully saturated rings. The molecule has 2 amide bonds. The van der Waals surface area contributed by atoms with Crippen molar-refractivity contribution in [2.24, 2.45) is 10.9 Å². The van der Waals surface area contributed by atoms with Crippen LogP contribution in [0, 0.1) is 17.2 Å². The highest BCUT2D eigenvalue weighted by Gasteiger charge is 2.41. The van der Waals surface area contributed by atoms with E-state index in [1.54, 1.807) is 12.4 Å². The summed E-state index contributed by atoms with van der Waals surface area (Å²) in [7, 11) is 0. The lowest BCUT2D eigenvalue weighted by Crippen LogP contribution is -2.58. The van der Waals surface area contributed by atoms with E-state index in [0.29, 0.717) is 32.0 Å². The number of rotatable bonds is 6. The number of urea groups is 1. The predicted octanol–water partition coefficient (Wildman–Crippen LogP) is 1.72. The van der Waals surface area contributed by atoms with Crippen LogP contribution in [-0.2, 0) is 6.42 Å². The average Bonchev–Trinajstić information content (AvgIpc) is 3.05. The van der Waals surface area contributed by atoms with Gasteiger partial charge in [0.25, 0.3) is 0 Å². The van der Waals surface area contributed by atoms with E-state index in [1.807, 2.05) is 17.0 Å². The molecule has 3 rings (SSSR count). The van der Waals surface area contributed by atoms with Gasteiger partial charge in [-0.2, -0.15) is 5.26 Å². The zero-order valence-electron chi connectivity index (χ0n) is 15.4. The van der Waals surface area contributed by atoms with Crippen LogP contribution in [0.15, 0.2) is 29.5 Å². The largest absolute Gasteiger partial charge is 0.352 e. The maximum atomic E-state index is 12.4. The summed E-state index contributed by atoms with van der Waals surface area (Å²) in [6.07, 6.45) is 5.77. The third kappa shape index (κ3) is 3.96. The second kappa shape index (κ2) is 7.73. The van der Waals surface area contributed by atoms with Crippen molar-refractivity contribution in [1.82, 2.24) is 20.5 Å². The minimum Gasteiger partial charge on any atom is -0.352 e. The number of nitrogens with zero attached hydrogens (tertiary/aromatic N) is 4. The molecule has 0 bridgehead atoms. The molecule has 0 aliphatic carbocycles. The quantitative estimate of drug-likeness (QED) is 0.813. The Kier molecular flexibility index (Phi) is 5.40. The molecule has 0 aromatic carbocycles. The highest BCUT2D eigenvalue weighted by Crippen LogP contribution is 2.23. The van der Waals surface area contributed by atoms with E-state index in [9.17, 15) is 10.1 Å². The Bertz CT molecular complexity index is 710. The summed E-state index contributed by atoms with van der Waals surface area (Å²) in [5, 5.41) is 16.1. The fraction of sp³-hybridized carbons (Fsp3) is 0.579. The van der Waals surface area contributed by atoms with Crippen LogP contribution in [0.3, 0.4) is 0 Å². The van der Waals surface area contributed by atoms with Gasteiger partial charge in [-0.25, -0.2) is 4.79 Å². The van der Waals surface area contributed by atoms with E-state index in [4.69, 9.17) is 0 Å². The van der Waals surface area contributed by atoms with E-state index in [1.165, 1.54) is 0 Å². The number of hydrogen-bond acceptors (Lipinski definition) is 5. The molecule has 138 valence electrons. The number of pyridine rings is 1. The van der Waals surface area contributed by atoms with Gasteiger partial charge in [0.1, 0.15) is 11.4 Å². The van der Waals surface area contributed by atoms with Crippen LogP contribution >= 0.6 is 0 Å². The number of aromatic nitrogens is 1. The summed E-state index contributed by atoms with van der Waals surface area (Å²) in [5.74, 6) is 1.16. The Hall–Kier alpha value is -2.62. The first-order valence-electron chi connectivity index (χ1n) is 9.20. The third-order valence-corrected chi connectivity index (χ3v) is 4.83. The molecule has 2 unspecified atom stereocenters. The topological polar surface area (TPSA) is 93.4 Å². The van der Waals surface area contributed by atoms with Gasteiger partial charge in [0.15, 0.2) is 0 Å². The first kappa shape index (κ1) is 18.2. The Morgan fingerprint density at radius 2 is 2.31 bits per heavy atom. The highest BCUT2D eigenvalue weighted by atomic mass is 16.2. The second-order valence-corrected chi connectivity index (χ2v) is 7.48. The normalized spacial score (nSPS) is 23.8. The molecule has 1 saturated heterocycles. The standard InChI is InChI=1S/C19H26N6O/c1-14(2)9-16(25-8-4-7-22-18(25)26)17-23-13-19(12-20,24-17)10-15-5-3-6-21-11-15/h3,5-6,11,14,16H,4,7-10,13H2,1-2H3,(H,22,26)(H,23,24). The third-order valence-electron chi connectivity index (χ3n) is 4.83. The first-order valence-corrected chi connectivity index (χ1v) is 9.20. The fourth-order valence-corrected chi connectivity index (χ4v) is 3.57. The molecular weight excluding hydrogens is 328 g/mol. The number of aliphatic imine (C=N–C) groups is 1. The molecule has 2 atom stereocenters. The van der Waals surface area contributed by atoms with Crippen LogP contribution in [0.1, 0.15) is 32.3 Å². The molecule has 1 aromatic rings. The zero-order chi connectivity index (χ0) is 18.6.